The highest BCUT2D eigenvalue weighted by Gasteiger charge is 2.32. The van der Waals surface area contributed by atoms with Gasteiger partial charge in [0.05, 0.1) is 34.1 Å². The number of benzene rings is 16. The van der Waals surface area contributed by atoms with Gasteiger partial charge in [0.25, 0.3) is 0 Å². The maximum Gasteiger partial charge on any atom is 0.0603 e. The zero-order valence-electron chi connectivity index (χ0n) is 61.3. The molecule has 0 aromatic heterocycles. The molecular weight excluding hydrogens is 1350 g/mol. The molecule has 0 saturated carbocycles. The Kier molecular flexibility index (Phi) is 17.5. The summed E-state index contributed by atoms with van der Waals surface area (Å²) in [5.41, 5.74) is 24.6. The van der Waals surface area contributed by atoms with Crippen LogP contribution in [0.5, 0.6) is 0 Å². The molecule has 16 aromatic rings. The van der Waals surface area contributed by atoms with Crippen LogP contribution in [0.3, 0.4) is 0 Å². The van der Waals surface area contributed by atoms with Crippen molar-refractivity contribution in [1.82, 2.24) is 0 Å². The molecule has 0 unspecified atom stereocenters. The molecular formula is C100H80N6S2. The molecule has 0 bridgehead atoms. The average Bonchev–Trinajstić information content (AvgIpc) is 0.743. The summed E-state index contributed by atoms with van der Waals surface area (Å²) in [5, 5.41) is 4.72. The van der Waals surface area contributed by atoms with Crippen LogP contribution in [-0.4, -0.2) is 0 Å². The Morgan fingerprint density at radius 2 is 0.491 bits per heavy atom. The second kappa shape index (κ2) is 28.1. The van der Waals surface area contributed by atoms with Crippen molar-refractivity contribution in [3.05, 3.63) is 387 Å². The molecule has 8 heteroatoms. The molecule has 2 aliphatic rings. The summed E-state index contributed by atoms with van der Waals surface area (Å²) < 4.78 is 0. The lowest BCUT2D eigenvalue weighted by atomic mass is 9.87. The summed E-state index contributed by atoms with van der Waals surface area (Å²) in [6.45, 7) is 13.7. The number of hydrogen-bond donors (Lipinski definition) is 0. The molecule has 0 amide bonds. The number of anilines is 18. The van der Waals surface area contributed by atoms with Gasteiger partial charge in [-0.05, 0) is 238 Å². The van der Waals surface area contributed by atoms with Crippen LogP contribution < -0.4 is 29.4 Å². The fourth-order valence-corrected chi connectivity index (χ4v) is 17.6. The van der Waals surface area contributed by atoms with E-state index in [1.165, 1.54) is 42.5 Å². The van der Waals surface area contributed by atoms with Crippen molar-refractivity contribution in [2.45, 2.75) is 72.0 Å². The normalized spacial score (nSPS) is 12.4. The van der Waals surface area contributed by atoms with E-state index >= 15 is 0 Å². The number of hydrogen-bond acceptors (Lipinski definition) is 8. The van der Waals surface area contributed by atoms with Crippen molar-refractivity contribution < 1.29 is 0 Å². The number of rotatable bonds is 15. The largest absolute Gasteiger partial charge is 0.311 e. The molecule has 0 fully saturated rings. The predicted molar refractivity (Wildman–Crippen MR) is 461 cm³/mol. The van der Waals surface area contributed by atoms with E-state index in [9.17, 15) is 0 Å². The van der Waals surface area contributed by atoms with E-state index in [0.29, 0.717) is 0 Å². The van der Waals surface area contributed by atoms with Crippen molar-refractivity contribution >= 4 is 147 Å². The third-order valence-electron chi connectivity index (χ3n) is 20.8. The molecule has 0 spiro atoms. The first-order valence-corrected chi connectivity index (χ1v) is 38.7. The first-order valence-electron chi connectivity index (χ1n) is 37.1. The maximum atomic E-state index is 2.47. The van der Waals surface area contributed by atoms with Gasteiger partial charge in [0.2, 0.25) is 0 Å². The summed E-state index contributed by atoms with van der Waals surface area (Å²) in [5.74, 6) is 0. The molecule has 522 valence electrons. The van der Waals surface area contributed by atoms with Crippen LogP contribution in [0.2, 0.25) is 0 Å². The van der Waals surface area contributed by atoms with Crippen LogP contribution in [0.4, 0.5) is 102 Å². The van der Waals surface area contributed by atoms with Crippen LogP contribution in [0, 0.1) is 0 Å². The van der Waals surface area contributed by atoms with E-state index < -0.39 is 0 Å². The van der Waals surface area contributed by atoms with Crippen molar-refractivity contribution in [3.8, 4) is 11.1 Å². The maximum absolute atomic E-state index is 2.47. The quantitative estimate of drug-likeness (QED) is 0.0999. The molecule has 0 aliphatic carbocycles. The molecule has 108 heavy (non-hydrogen) atoms. The minimum Gasteiger partial charge on any atom is -0.311 e. The standard InChI is InChI=1S/C100H80N6S2/c1-99(2,3)73-43-47-83(48-44-73)105-91-61-41-71(65-95(91)107-97-67-85(59-63-93(97)105)103(89-39-23-27-69-25-19-21-37-87(69)89)81-55-51-79(52-56-81)101(75-29-11-7-12-30-75)76-31-13-8-14-32-76)72-42-62-92-96(66-72)108-98-68-86(60-64-94(98)106(92)84-49-45-74(46-50-84)100(4,5)6)104(90-40-24-28-70-26-20-22-38-88(70)90)82-57-53-80(54-58-82)102(77-33-15-9-16-34-77)78-35-17-10-18-36-78/h7-68H,1-6H3. The van der Waals surface area contributed by atoms with Crippen LogP contribution in [0.1, 0.15) is 52.7 Å². The van der Waals surface area contributed by atoms with Gasteiger partial charge in [0.15, 0.2) is 0 Å². The first kappa shape index (κ1) is 67.4. The second-order valence-electron chi connectivity index (χ2n) is 29.9. The van der Waals surface area contributed by atoms with Gasteiger partial charge in [-0.1, -0.05) is 247 Å². The van der Waals surface area contributed by atoms with Crippen LogP contribution in [-0.2, 0) is 10.8 Å². The third kappa shape index (κ3) is 12.9. The molecule has 0 atom stereocenters. The lowest BCUT2D eigenvalue weighted by molar-refractivity contribution is 0.590. The van der Waals surface area contributed by atoms with Gasteiger partial charge >= 0.3 is 0 Å². The van der Waals surface area contributed by atoms with Crippen molar-refractivity contribution in [2.75, 3.05) is 29.4 Å². The van der Waals surface area contributed by atoms with Gasteiger partial charge in [-0.3, -0.25) is 0 Å². The van der Waals surface area contributed by atoms with Gasteiger partial charge in [0, 0.05) is 98.6 Å². The highest BCUT2D eigenvalue weighted by molar-refractivity contribution is 8.00. The van der Waals surface area contributed by atoms with Crippen molar-refractivity contribution in [1.29, 1.82) is 0 Å². The molecule has 0 saturated heterocycles. The Bertz CT molecular complexity index is 5500. The minimum absolute atomic E-state index is 0.00752. The summed E-state index contributed by atoms with van der Waals surface area (Å²) >= 11 is 3.70. The van der Waals surface area contributed by atoms with Crippen LogP contribution >= 0.6 is 23.5 Å². The summed E-state index contributed by atoms with van der Waals surface area (Å²) in [7, 11) is 0. The fourth-order valence-electron chi connectivity index (χ4n) is 15.4. The Balaban J connectivity index is 0.746. The van der Waals surface area contributed by atoms with Gasteiger partial charge in [-0.2, -0.15) is 0 Å². The molecule has 6 nitrogen and oxygen atoms in total. The van der Waals surface area contributed by atoms with E-state index in [0.717, 1.165) is 123 Å². The lowest BCUT2D eigenvalue weighted by Gasteiger charge is -2.35. The van der Waals surface area contributed by atoms with Gasteiger partial charge in [-0.15, -0.1) is 0 Å². The third-order valence-corrected chi connectivity index (χ3v) is 23.0. The van der Waals surface area contributed by atoms with Crippen molar-refractivity contribution in [2.24, 2.45) is 0 Å². The summed E-state index contributed by atoms with van der Waals surface area (Å²) in [6, 6.07) is 138. The van der Waals surface area contributed by atoms with E-state index in [4.69, 9.17) is 0 Å². The summed E-state index contributed by atoms with van der Waals surface area (Å²) in [4.78, 5) is 19.1. The topological polar surface area (TPSA) is 19.4 Å². The Hall–Kier alpha value is -12.5. The van der Waals surface area contributed by atoms with Gasteiger partial charge < -0.3 is 29.4 Å². The average molecular weight is 1430 g/mol. The zero-order chi connectivity index (χ0) is 73.0. The molecule has 2 aliphatic heterocycles. The second-order valence-corrected chi connectivity index (χ2v) is 32.0. The van der Waals surface area contributed by atoms with E-state index in [2.05, 4.69) is 447 Å². The fraction of sp³-hybridized carbons (Fsp3) is 0.0800. The summed E-state index contributed by atoms with van der Waals surface area (Å²) in [6.07, 6.45) is 0. The Morgan fingerprint density at radius 1 is 0.222 bits per heavy atom. The van der Waals surface area contributed by atoms with Crippen molar-refractivity contribution in [3.63, 3.8) is 0 Å². The van der Waals surface area contributed by atoms with Gasteiger partial charge in [-0.25, -0.2) is 0 Å². The monoisotopic (exact) mass is 1430 g/mol. The molecule has 0 N–H and O–H groups in total. The SMILES string of the molecule is CC(C)(C)c1ccc(N2c3ccc(-c4ccc5c(c4)Sc4cc(N(c6ccc(N(c7ccccc7)c7ccccc7)cc6)c6cccc7ccccc67)ccc4N5c4ccc(C(C)(C)C)cc4)cc3Sc3cc(N(c4ccc(N(c5ccccc5)c5ccccc5)cc4)c4cccc5ccccc45)ccc32)cc1. The predicted octanol–water partition coefficient (Wildman–Crippen LogP) is 30.0. The number of nitrogens with zero attached hydrogens (tertiary/aromatic N) is 6. The molecule has 18 rings (SSSR count). The van der Waals surface area contributed by atoms with Crippen LogP contribution in [0.15, 0.2) is 396 Å². The van der Waals surface area contributed by atoms with E-state index in [1.54, 1.807) is 0 Å². The Labute approximate surface area is 642 Å². The Morgan fingerprint density at radius 3 is 0.824 bits per heavy atom. The number of para-hydroxylation sites is 4. The molecule has 0 radical (unpaired) electrons. The molecule has 16 aromatic carbocycles. The van der Waals surface area contributed by atoms with E-state index in [-0.39, 0.29) is 10.8 Å². The number of fused-ring (bicyclic) bond motifs is 6. The van der Waals surface area contributed by atoms with Crippen LogP contribution in [0.25, 0.3) is 32.7 Å². The van der Waals surface area contributed by atoms with Gasteiger partial charge in [0.1, 0.15) is 0 Å². The highest BCUT2D eigenvalue weighted by Crippen LogP contribution is 2.58. The van der Waals surface area contributed by atoms with E-state index in [1.807, 2.05) is 23.5 Å². The first-order chi connectivity index (χ1) is 52.8. The molecule has 2 heterocycles. The minimum atomic E-state index is -0.00752. The zero-order valence-corrected chi connectivity index (χ0v) is 62.9. The highest BCUT2D eigenvalue weighted by atomic mass is 32.2. The lowest BCUT2D eigenvalue weighted by Crippen LogP contribution is -2.17. The smallest absolute Gasteiger partial charge is 0.0603 e.